The van der Waals surface area contributed by atoms with Gasteiger partial charge in [0.1, 0.15) is 0 Å². The van der Waals surface area contributed by atoms with Gasteiger partial charge in [-0.3, -0.25) is 4.79 Å². The maximum atomic E-state index is 12.0. The van der Waals surface area contributed by atoms with Crippen molar-refractivity contribution in [1.29, 1.82) is 0 Å². The summed E-state index contributed by atoms with van der Waals surface area (Å²) in [5.74, 6) is 0.393. The van der Waals surface area contributed by atoms with Crippen molar-refractivity contribution in [3.8, 4) is 0 Å². The Morgan fingerprint density at radius 2 is 2.27 bits per heavy atom. The summed E-state index contributed by atoms with van der Waals surface area (Å²) >= 11 is 3.41. The fraction of sp³-hybridized carbons (Fsp3) is 0.909. The molecule has 3 nitrogen and oxygen atoms in total. The molecule has 4 heteroatoms. The standard InChI is InChI=1S/C11H20BrNO2/c1-4-8(2)11(14)13-6-9(3)15-10(5-12)7-13/h8-10H,4-7H2,1-3H3. The van der Waals surface area contributed by atoms with Gasteiger partial charge in [-0.25, -0.2) is 0 Å². The Kier molecular flexibility index (Phi) is 5.06. The zero-order valence-electron chi connectivity index (χ0n) is 9.70. The number of alkyl halides is 1. The zero-order valence-corrected chi connectivity index (χ0v) is 11.3. The van der Waals surface area contributed by atoms with Gasteiger partial charge in [-0.05, 0) is 13.3 Å². The van der Waals surface area contributed by atoms with Crippen molar-refractivity contribution < 1.29 is 9.53 Å². The Morgan fingerprint density at radius 3 is 2.80 bits per heavy atom. The smallest absolute Gasteiger partial charge is 0.225 e. The van der Waals surface area contributed by atoms with Crippen LogP contribution in [-0.4, -0.2) is 41.4 Å². The second-order valence-corrected chi connectivity index (χ2v) is 4.92. The molecule has 0 N–H and O–H groups in total. The molecule has 1 aliphatic rings. The Hall–Kier alpha value is -0.0900. The van der Waals surface area contributed by atoms with Crippen LogP contribution in [0.5, 0.6) is 0 Å². The number of amides is 1. The van der Waals surface area contributed by atoms with E-state index >= 15 is 0 Å². The molecule has 1 saturated heterocycles. The van der Waals surface area contributed by atoms with E-state index in [1.54, 1.807) is 0 Å². The lowest BCUT2D eigenvalue weighted by atomic mass is 10.1. The third-order valence-corrected chi connectivity index (χ3v) is 3.57. The van der Waals surface area contributed by atoms with Crippen LogP contribution < -0.4 is 0 Å². The quantitative estimate of drug-likeness (QED) is 0.739. The molecule has 1 fully saturated rings. The number of ether oxygens (including phenoxy) is 1. The molecule has 0 bridgehead atoms. The summed E-state index contributed by atoms with van der Waals surface area (Å²) in [7, 11) is 0. The minimum absolute atomic E-state index is 0.131. The topological polar surface area (TPSA) is 29.5 Å². The van der Waals surface area contributed by atoms with Crippen LogP contribution in [0.4, 0.5) is 0 Å². The van der Waals surface area contributed by atoms with E-state index in [-0.39, 0.29) is 24.0 Å². The number of hydrogen-bond acceptors (Lipinski definition) is 2. The highest BCUT2D eigenvalue weighted by molar-refractivity contribution is 9.09. The molecule has 0 aromatic heterocycles. The third kappa shape index (κ3) is 3.45. The fourth-order valence-electron chi connectivity index (χ4n) is 1.80. The first-order valence-corrected chi connectivity index (χ1v) is 6.70. The van der Waals surface area contributed by atoms with E-state index < -0.39 is 0 Å². The molecule has 1 rings (SSSR count). The second kappa shape index (κ2) is 5.85. The number of morpholine rings is 1. The van der Waals surface area contributed by atoms with Crippen molar-refractivity contribution >= 4 is 21.8 Å². The first kappa shape index (κ1) is 13.0. The molecule has 1 aliphatic heterocycles. The van der Waals surface area contributed by atoms with Crippen molar-refractivity contribution in [2.75, 3.05) is 18.4 Å². The summed E-state index contributed by atoms with van der Waals surface area (Å²) in [6.07, 6.45) is 1.19. The minimum atomic E-state index is 0.131. The van der Waals surface area contributed by atoms with Gasteiger partial charge in [-0.15, -0.1) is 0 Å². The SMILES string of the molecule is CCC(C)C(=O)N1CC(C)OC(CBr)C1. The van der Waals surface area contributed by atoms with Gasteiger partial charge < -0.3 is 9.64 Å². The van der Waals surface area contributed by atoms with Crippen molar-refractivity contribution in [3.05, 3.63) is 0 Å². The largest absolute Gasteiger partial charge is 0.371 e. The molecule has 3 atom stereocenters. The second-order valence-electron chi connectivity index (χ2n) is 4.28. The highest BCUT2D eigenvalue weighted by Crippen LogP contribution is 2.16. The lowest BCUT2D eigenvalue weighted by Gasteiger charge is -2.37. The normalized spacial score (nSPS) is 28.9. The maximum absolute atomic E-state index is 12.0. The van der Waals surface area contributed by atoms with E-state index in [4.69, 9.17) is 4.74 Å². The van der Waals surface area contributed by atoms with Gasteiger partial charge in [-0.1, -0.05) is 29.8 Å². The molecular weight excluding hydrogens is 258 g/mol. The van der Waals surface area contributed by atoms with Crippen LogP contribution in [0.15, 0.2) is 0 Å². The van der Waals surface area contributed by atoms with E-state index in [1.807, 2.05) is 18.7 Å². The van der Waals surface area contributed by atoms with Crippen molar-refractivity contribution in [3.63, 3.8) is 0 Å². The van der Waals surface area contributed by atoms with Crippen LogP contribution in [0.1, 0.15) is 27.2 Å². The molecule has 15 heavy (non-hydrogen) atoms. The highest BCUT2D eigenvalue weighted by atomic mass is 79.9. The van der Waals surface area contributed by atoms with Crippen LogP contribution in [-0.2, 0) is 9.53 Å². The fourth-order valence-corrected chi connectivity index (χ4v) is 2.15. The summed E-state index contributed by atoms with van der Waals surface area (Å²) < 4.78 is 5.69. The summed E-state index contributed by atoms with van der Waals surface area (Å²) in [6.45, 7) is 7.51. The molecule has 0 aliphatic carbocycles. The Balaban J connectivity index is 2.57. The van der Waals surface area contributed by atoms with Gasteiger partial charge in [0.2, 0.25) is 5.91 Å². The van der Waals surface area contributed by atoms with Gasteiger partial charge in [0, 0.05) is 24.3 Å². The molecule has 0 saturated carbocycles. The van der Waals surface area contributed by atoms with E-state index in [0.717, 1.165) is 24.8 Å². The summed E-state index contributed by atoms with van der Waals surface area (Å²) in [6, 6.07) is 0. The summed E-state index contributed by atoms with van der Waals surface area (Å²) in [5.41, 5.74) is 0. The molecule has 0 aromatic carbocycles. The Morgan fingerprint density at radius 1 is 1.60 bits per heavy atom. The van der Waals surface area contributed by atoms with E-state index in [0.29, 0.717) is 0 Å². The molecule has 88 valence electrons. The summed E-state index contributed by atoms with van der Waals surface area (Å²) in [4.78, 5) is 13.9. The molecule has 0 aromatic rings. The van der Waals surface area contributed by atoms with Gasteiger partial charge in [-0.2, -0.15) is 0 Å². The van der Waals surface area contributed by atoms with Crippen LogP contribution in [0, 0.1) is 5.92 Å². The van der Waals surface area contributed by atoms with Crippen LogP contribution >= 0.6 is 15.9 Å². The molecular formula is C11H20BrNO2. The number of carbonyl (C=O) groups excluding carboxylic acids is 1. The number of halogens is 1. The average molecular weight is 278 g/mol. The van der Waals surface area contributed by atoms with Gasteiger partial charge in [0.25, 0.3) is 0 Å². The molecule has 0 spiro atoms. The predicted molar refractivity (Wildman–Crippen MR) is 64.2 cm³/mol. The van der Waals surface area contributed by atoms with Crippen molar-refractivity contribution in [2.45, 2.75) is 39.4 Å². The van der Waals surface area contributed by atoms with Gasteiger partial charge in [0.15, 0.2) is 0 Å². The third-order valence-electron chi connectivity index (χ3n) is 2.84. The zero-order chi connectivity index (χ0) is 11.4. The van der Waals surface area contributed by atoms with Crippen LogP contribution in [0.2, 0.25) is 0 Å². The Bertz CT molecular complexity index is 223. The molecule has 3 unspecified atom stereocenters. The van der Waals surface area contributed by atoms with Gasteiger partial charge >= 0.3 is 0 Å². The van der Waals surface area contributed by atoms with Gasteiger partial charge in [0.05, 0.1) is 12.2 Å². The van der Waals surface area contributed by atoms with Crippen LogP contribution in [0.3, 0.4) is 0 Å². The Labute approximate surface area is 100 Å². The predicted octanol–water partition coefficient (Wildman–Crippen LogP) is 2.04. The van der Waals surface area contributed by atoms with Crippen LogP contribution in [0.25, 0.3) is 0 Å². The molecule has 1 amide bonds. The molecule has 0 radical (unpaired) electrons. The maximum Gasteiger partial charge on any atom is 0.225 e. The number of carbonyl (C=O) groups is 1. The summed E-state index contributed by atoms with van der Waals surface area (Å²) in [5, 5.41) is 0.793. The lowest BCUT2D eigenvalue weighted by Crippen LogP contribution is -2.51. The highest BCUT2D eigenvalue weighted by Gasteiger charge is 2.29. The molecule has 1 heterocycles. The number of nitrogens with zero attached hydrogens (tertiary/aromatic N) is 1. The lowest BCUT2D eigenvalue weighted by molar-refractivity contribution is -0.146. The van der Waals surface area contributed by atoms with E-state index in [2.05, 4.69) is 22.9 Å². The van der Waals surface area contributed by atoms with E-state index in [1.165, 1.54) is 0 Å². The first-order chi connectivity index (χ1) is 7.08. The monoisotopic (exact) mass is 277 g/mol. The van der Waals surface area contributed by atoms with Crippen molar-refractivity contribution in [1.82, 2.24) is 4.90 Å². The number of hydrogen-bond donors (Lipinski definition) is 0. The van der Waals surface area contributed by atoms with E-state index in [9.17, 15) is 4.79 Å². The number of rotatable bonds is 3. The average Bonchev–Trinajstić information content (AvgIpc) is 2.26. The van der Waals surface area contributed by atoms with Crippen molar-refractivity contribution in [2.24, 2.45) is 5.92 Å². The minimum Gasteiger partial charge on any atom is -0.371 e. The first-order valence-electron chi connectivity index (χ1n) is 5.58.